The van der Waals surface area contributed by atoms with Gasteiger partial charge in [0.1, 0.15) is 0 Å². The van der Waals surface area contributed by atoms with Crippen molar-refractivity contribution in [2.75, 3.05) is 26.9 Å². The van der Waals surface area contributed by atoms with Gasteiger partial charge in [-0.3, -0.25) is 0 Å². The van der Waals surface area contributed by atoms with Crippen molar-refractivity contribution in [3.05, 3.63) is 0 Å². The van der Waals surface area contributed by atoms with Gasteiger partial charge in [-0.2, -0.15) is 0 Å². The maximum Gasteiger partial charge on any atom is 0.0807 e. The van der Waals surface area contributed by atoms with Crippen molar-refractivity contribution >= 4 is 0 Å². The fourth-order valence-corrected chi connectivity index (χ4v) is 2.48. The fourth-order valence-electron chi connectivity index (χ4n) is 2.48. The minimum atomic E-state index is 0.0549. The highest BCUT2D eigenvalue weighted by Gasteiger charge is 2.31. The largest absolute Gasteiger partial charge is 0.382 e. The molecule has 1 rings (SSSR count). The van der Waals surface area contributed by atoms with E-state index in [2.05, 4.69) is 19.2 Å². The molecule has 1 aliphatic carbocycles. The summed E-state index contributed by atoms with van der Waals surface area (Å²) in [5.74, 6) is 0. The van der Waals surface area contributed by atoms with Gasteiger partial charge in [0.15, 0.2) is 0 Å². The molecule has 1 saturated carbocycles. The van der Waals surface area contributed by atoms with Crippen molar-refractivity contribution in [3.63, 3.8) is 0 Å². The first-order valence-electron chi connectivity index (χ1n) is 7.05. The Kier molecular flexibility index (Phi) is 7.09. The second-order valence-electron chi connectivity index (χ2n) is 5.47. The third-order valence-corrected chi connectivity index (χ3v) is 3.54. The van der Waals surface area contributed by atoms with Crippen molar-refractivity contribution in [1.82, 2.24) is 5.32 Å². The van der Waals surface area contributed by atoms with Crippen LogP contribution in [-0.2, 0) is 9.47 Å². The van der Waals surface area contributed by atoms with E-state index < -0.39 is 0 Å². The molecule has 0 amide bonds. The summed E-state index contributed by atoms with van der Waals surface area (Å²) in [6.07, 6.45) is 7.69. The predicted octanol–water partition coefficient (Wildman–Crippen LogP) is 2.74. The average molecular weight is 243 g/mol. The topological polar surface area (TPSA) is 30.5 Å². The van der Waals surface area contributed by atoms with E-state index in [-0.39, 0.29) is 5.60 Å². The molecule has 0 saturated heterocycles. The Hall–Kier alpha value is -0.120. The lowest BCUT2D eigenvalue weighted by molar-refractivity contribution is -0.0714. The lowest BCUT2D eigenvalue weighted by Crippen LogP contribution is -2.45. The van der Waals surface area contributed by atoms with Crippen LogP contribution in [0.15, 0.2) is 0 Å². The molecular formula is C14H29NO2. The third kappa shape index (κ3) is 5.84. The van der Waals surface area contributed by atoms with Crippen LogP contribution < -0.4 is 5.32 Å². The molecule has 0 spiro atoms. The predicted molar refractivity (Wildman–Crippen MR) is 71.4 cm³/mol. The zero-order valence-electron chi connectivity index (χ0n) is 11.8. The van der Waals surface area contributed by atoms with E-state index >= 15 is 0 Å². The molecule has 1 N–H and O–H groups in total. The number of hydrogen-bond acceptors (Lipinski definition) is 3. The fraction of sp³-hybridized carbons (Fsp3) is 1.00. The Morgan fingerprint density at radius 3 is 2.24 bits per heavy atom. The number of hydrogen-bond donors (Lipinski definition) is 1. The molecule has 3 heteroatoms. The molecule has 0 bridgehead atoms. The number of nitrogens with one attached hydrogen (secondary N) is 1. The van der Waals surface area contributed by atoms with Crippen molar-refractivity contribution in [2.45, 2.75) is 64.0 Å². The van der Waals surface area contributed by atoms with Gasteiger partial charge in [0.2, 0.25) is 0 Å². The minimum Gasteiger partial charge on any atom is -0.382 e. The van der Waals surface area contributed by atoms with Crippen LogP contribution in [0.1, 0.15) is 52.4 Å². The molecule has 0 atom stereocenters. The summed E-state index contributed by atoms with van der Waals surface area (Å²) in [7, 11) is 1.73. The van der Waals surface area contributed by atoms with Gasteiger partial charge in [0.05, 0.1) is 18.8 Å². The number of rotatable bonds is 7. The van der Waals surface area contributed by atoms with Gasteiger partial charge < -0.3 is 14.8 Å². The normalized spacial score (nSPS) is 20.5. The second-order valence-corrected chi connectivity index (χ2v) is 5.47. The Bertz CT molecular complexity index is 187. The van der Waals surface area contributed by atoms with Crippen molar-refractivity contribution in [3.8, 4) is 0 Å². The van der Waals surface area contributed by atoms with Crippen molar-refractivity contribution in [1.29, 1.82) is 0 Å². The molecule has 1 aliphatic rings. The minimum absolute atomic E-state index is 0.0549. The molecule has 0 unspecified atom stereocenters. The molecule has 0 heterocycles. The Morgan fingerprint density at radius 2 is 1.71 bits per heavy atom. The average Bonchev–Trinajstić information content (AvgIpc) is 2.53. The van der Waals surface area contributed by atoms with Gasteiger partial charge in [0.25, 0.3) is 0 Å². The Balaban J connectivity index is 2.47. The summed E-state index contributed by atoms with van der Waals surface area (Å²) in [5.41, 5.74) is 0.0549. The van der Waals surface area contributed by atoms with E-state index in [9.17, 15) is 0 Å². The van der Waals surface area contributed by atoms with E-state index in [0.29, 0.717) is 12.6 Å². The summed E-state index contributed by atoms with van der Waals surface area (Å²) in [5, 5.41) is 3.54. The van der Waals surface area contributed by atoms with Crippen LogP contribution in [0.4, 0.5) is 0 Å². The molecular weight excluding hydrogens is 214 g/mol. The Labute approximate surface area is 106 Å². The Morgan fingerprint density at radius 1 is 1.06 bits per heavy atom. The van der Waals surface area contributed by atoms with Crippen molar-refractivity contribution in [2.24, 2.45) is 0 Å². The van der Waals surface area contributed by atoms with Crippen LogP contribution in [0.2, 0.25) is 0 Å². The van der Waals surface area contributed by atoms with E-state index in [0.717, 1.165) is 13.2 Å². The summed E-state index contributed by atoms with van der Waals surface area (Å²) >= 11 is 0. The van der Waals surface area contributed by atoms with Gasteiger partial charge in [-0.25, -0.2) is 0 Å². The molecule has 0 aliphatic heterocycles. The SMILES string of the molecule is COCCOC1(CNC(C)C)CCCCCC1. The quantitative estimate of drug-likeness (QED) is 0.551. The van der Waals surface area contributed by atoms with Gasteiger partial charge >= 0.3 is 0 Å². The molecule has 0 aromatic carbocycles. The van der Waals surface area contributed by atoms with E-state index in [1.807, 2.05) is 0 Å². The summed E-state index contributed by atoms with van der Waals surface area (Å²) in [6.45, 7) is 6.78. The lowest BCUT2D eigenvalue weighted by Gasteiger charge is -2.34. The summed E-state index contributed by atoms with van der Waals surface area (Å²) in [6, 6.07) is 0.529. The molecule has 0 aromatic heterocycles. The van der Waals surface area contributed by atoms with Gasteiger partial charge in [-0.1, -0.05) is 39.5 Å². The first kappa shape index (κ1) is 14.9. The van der Waals surface area contributed by atoms with E-state index in [1.54, 1.807) is 7.11 Å². The maximum absolute atomic E-state index is 6.15. The standard InChI is InChI=1S/C14H29NO2/c1-13(2)15-12-14(17-11-10-16-3)8-6-4-5-7-9-14/h13,15H,4-12H2,1-3H3. The molecule has 0 radical (unpaired) electrons. The third-order valence-electron chi connectivity index (χ3n) is 3.54. The van der Waals surface area contributed by atoms with Crippen LogP contribution in [0.5, 0.6) is 0 Å². The van der Waals surface area contributed by atoms with Crippen LogP contribution in [0, 0.1) is 0 Å². The van der Waals surface area contributed by atoms with Gasteiger partial charge in [-0.15, -0.1) is 0 Å². The molecule has 1 fully saturated rings. The highest BCUT2D eigenvalue weighted by molar-refractivity contribution is 4.86. The highest BCUT2D eigenvalue weighted by atomic mass is 16.5. The lowest BCUT2D eigenvalue weighted by atomic mass is 9.93. The monoisotopic (exact) mass is 243 g/mol. The van der Waals surface area contributed by atoms with E-state index in [4.69, 9.17) is 9.47 Å². The van der Waals surface area contributed by atoms with Crippen LogP contribution in [-0.4, -0.2) is 38.5 Å². The number of ether oxygens (including phenoxy) is 2. The molecule has 102 valence electrons. The zero-order chi connectivity index (χ0) is 12.6. The smallest absolute Gasteiger partial charge is 0.0807 e. The maximum atomic E-state index is 6.15. The molecule has 17 heavy (non-hydrogen) atoms. The number of methoxy groups -OCH3 is 1. The first-order valence-corrected chi connectivity index (χ1v) is 7.05. The van der Waals surface area contributed by atoms with Crippen LogP contribution in [0.25, 0.3) is 0 Å². The zero-order valence-corrected chi connectivity index (χ0v) is 11.8. The second kappa shape index (κ2) is 8.06. The van der Waals surface area contributed by atoms with E-state index in [1.165, 1.54) is 38.5 Å². The summed E-state index contributed by atoms with van der Waals surface area (Å²) in [4.78, 5) is 0. The van der Waals surface area contributed by atoms with Gasteiger partial charge in [-0.05, 0) is 12.8 Å². The van der Waals surface area contributed by atoms with Crippen LogP contribution in [0.3, 0.4) is 0 Å². The van der Waals surface area contributed by atoms with Crippen molar-refractivity contribution < 1.29 is 9.47 Å². The summed E-state index contributed by atoms with van der Waals surface area (Å²) < 4.78 is 11.2. The molecule has 0 aromatic rings. The van der Waals surface area contributed by atoms with Crippen LogP contribution >= 0.6 is 0 Å². The molecule has 3 nitrogen and oxygen atoms in total. The van der Waals surface area contributed by atoms with Gasteiger partial charge in [0, 0.05) is 19.7 Å². The first-order chi connectivity index (χ1) is 8.18. The highest BCUT2D eigenvalue weighted by Crippen LogP contribution is 2.30.